The van der Waals surface area contributed by atoms with Crippen molar-refractivity contribution in [3.63, 3.8) is 0 Å². The van der Waals surface area contributed by atoms with Crippen molar-refractivity contribution < 1.29 is 4.79 Å². The highest BCUT2D eigenvalue weighted by molar-refractivity contribution is 7.09. The van der Waals surface area contributed by atoms with Crippen LogP contribution in [0.3, 0.4) is 0 Å². The minimum atomic E-state index is -0.0825. The summed E-state index contributed by atoms with van der Waals surface area (Å²) >= 11 is 1.64. The lowest BCUT2D eigenvalue weighted by Gasteiger charge is -2.26. The van der Waals surface area contributed by atoms with E-state index < -0.39 is 0 Å². The Morgan fingerprint density at radius 2 is 2.32 bits per heavy atom. The van der Waals surface area contributed by atoms with Crippen molar-refractivity contribution in [1.82, 2.24) is 14.7 Å². The van der Waals surface area contributed by atoms with E-state index in [0.717, 1.165) is 4.88 Å². The molecule has 0 aromatic carbocycles. The van der Waals surface area contributed by atoms with Gasteiger partial charge in [-0.1, -0.05) is 6.07 Å². The van der Waals surface area contributed by atoms with Crippen molar-refractivity contribution >= 4 is 22.9 Å². The Morgan fingerprint density at radius 1 is 1.58 bits per heavy atom. The lowest BCUT2D eigenvalue weighted by molar-refractivity contribution is 0.0682. The second-order valence-corrected chi connectivity index (χ2v) is 5.71. The molecule has 0 saturated carbocycles. The van der Waals surface area contributed by atoms with Gasteiger partial charge >= 0.3 is 0 Å². The molecular formula is C13H18N4OS. The van der Waals surface area contributed by atoms with Crippen LogP contribution in [0.25, 0.3) is 0 Å². The molecular weight excluding hydrogens is 260 g/mol. The number of carbonyl (C=O) groups is 1. The number of hydrogen-bond donors (Lipinski definition) is 1. The predicted octanol–water partition coefficient (Wildman–Crippen LogP) is 2.11. The summed E-state index contributed by atoms with van der Waals surface area (Å²) in [5, 5.41) is 6.03. The van der Waals surface area contributed by atoms with Gasteiger partial charge in [0.25, 0.3) is 5.91 Å². The lowest BCUT2D eigenvalue weighted by Crippen LogP contribution is -2.37. The molecule has 2 aromatic rings. The fourth-order valence-corrected chi connectivity index (χ4v) is 2.61. The topological polar surface area (TPSA) is 64.2 Å². The number of nitrogens with zero attached hydrogens (tertiary/aromatic N) is 3. The number of aryl methyl sites for hydroxylation is 1. The summed E-state index contributed by atoms with van der Waals surface area (Å²) in [6, 6.07) is 4.12. The van der Waals surface area contributed by atoms with Crippen molar-refractivity contribution in [2.24, 2.45) is 7.05 Å². The quantitative estimate of drug-likeness (QED) is 0.931. The molecule has 2 N–H and O–H groups in total. The maximum Gasteiger partial charge on any atom is 0.274 e. The minimum absolute atomic E-state index is 0.0825. The fraction of sp³-hybridized carbons (Fsp3) is 0.385. The molecule has 0 fully saturated rings. The standard InChI is InChI=1S/C13H18N4OS/c1-9(2)17(8-10-5-4-6-19-10)13(18)12-11(14)7-15-16(12)3/h4-7,9H,8,14H2,1-3H3. The Labute approximate surface area is 116 Å². The zero-order valence-electron chi connectivity index (χ0n) is 11.3. The first-order valence-electron chi connectivity index (χ1n) is 6.11. The second-order valence-electron chi connectivity index (χ2n) is 4.68. The van der Waals surface area contributed by atoms with Crippen molar-refractivity contribution in [1.29, 1.82) is 0 Å². The van der Waals surface area contributed by atoms with Gasteiger partial charge in [-0.05, 0) is 25.3 Å². The normalized spacial score (nSPS) is 10.9. The maximum absolute atomic E-state index is 12.6. The van der Waals surface area contributed by atoms with E-state index in [4.69, 9.17) is 5.73 Å². The maximum atomic E-state index is 12.6. The van der Waals surface area contributed by atoms with Crippen molar-refractivity contribution in [3.8, 4) is 0 Å². The van der Waals surface area contributed by atoms with Crippen LogP contribution in [0.5, 0.6) is 0 Å². The van der Waals surface area contributed by atoms with Crippen molar-refractivity contribution in [2.75, 3.05) is 5.73 Å². The smallest absolute Gasteiger partial charge is 0.274 e. The molecule has 6 heteroatoms. The van der Waals surface area contributed by atoms with Gasteiger partial charge in [-0.25, -0.2) is 0 Å². The summed E-state index contributed by atoms with van der Waals surface area (Å²) in [5.41, 5.74) is 6.70. The summed E-state index contributed by atoms with van der Waals surface area (Å²) < 4.78 is 1.53. The Morgan fingerprint density at radius 3 is 2.79 bits per heavy atom. The van der Waals surface area contributed by atoms with Gasteiger partial charge in [-0.3, -0.25) is 9.48 Å². The van der Waals surface area contributed by atoms with Crippen molar-refractivity contribution in [2.45, 2.75) is 26.4 Å². The Hall–Kier alpha value is -1.82. The molecule has 0 unspecified atom stereocenters. The van der Waals surface area contributed by atoms with E-state index in [1.165, 1.54) is 10.9 Å². The van der Waals surface area contributed by atoms with Crippen LogP contribution in [-0.2, 0) is 13.6 Å². The largest absolute Gasteiger partial charge is 0.396 e. The molecule has 1 amide bonds. The summed E-state index contributed by atoms with van der Waals surface area (Å²) in [6.07, 6.45) is 1.51. The first-order chi connectivity index (χ1) is 9.00. The Balaban J connectivity index is 2.27. The van der Waals surface area contributed by atoms with E-state index in [1.54, 1.807) is 23.3 Å². The molecule has 0 spiro atoms. The van der Waals surface area contributed by atoms with E-state index in [9.17, 15) is 4.79 Å². The summed E-state index contributed by atoms with van der Waals surface area (Å²) in [5.74, 6) is -0.0825. The van der Waals surface area contributed by atoms with Crippen LogP contribution in [0.4, 0.5) is 5.69 Å². The van der Waals surface area contributed by atoms with E-state index in [1.807, 2.05) is 31.4 Å². The van der Waals surface area contributed by atoms with Crippen LogP contribution < -0.4 is 5.73 Å². The summed E-state index contributed by atoms with van der Waals surface area (Å²) in [6.45, 7) is 4.59. The third kappa shape index (κ3) is 2.78. The number of carbonyl (C=O) groups excluding carboxylic acids is 1. The Bertz CT molecular complexity index is 540. The van der Waals surface area contributed by atoms with Gasteiger partial charge in [0.1, 0.15) is 5.69 Å². The molecule has 0 atom stereocenters. The van der Waals surface area contributed by atoms with Crippen LogP contribution in [-0.4, -0.2) is 26.6 Å². The average Bonchev–Trinajstić information content (AvgIpc) is 2.96. The first-order valence-corrected chi connectivity index (χ1v) is 6.99. The highest BCUT2D eigenvalue weighted by Gasteiger charge is 2.24. The van der Waals surface area contributed by atoms with Gasteiger partial charge in [0.05, 0.1) is 18.4 Å². The third-order valence-corrected chi connectivity index (χ3v) is 3.82. The number of aromatic nitrogens is 2. The molecule has 0 aliphatic heterocycles. The molecule has 0 bridgehead atoms. The molecule has 0 radical (unpaired) electrons. The van der Waals surface area contributed by atoms with E-state index in [0.29, 0.717) is 17.9 Å². The number of hydrogen-bond acceptors (Lipinski definition) is 4. The molecule has 2 heterocycles. The Kier molecular flexibility index (Phi) is 3.90. The molecule has 5 nitrogen and oxygen atoms in total. The second kappa shape index (κ2) is 5.44. The fourth-order valence-electron chi connectivity index (χ4n) is 1.91. The highest BCUT2D eigenvalue weighted by Crippen LogP contribution is 2.19. The molecule has 19 heavy (non-hydrogen) atoms. The molecule has 0 aliphatic carbocycles. The molecule has 0 aliphatic rings. The molecule has 0 saturated heterocycles. The molecule has 102 valence electrons. The van der Waals surface area contributed by atoms with Crippen LogP contribution in [0.15, 0.2) is 23.7 Å². The SMILES string of the molecule is CC(C)N(Cc1cccs1)C(=O)c1c(N)cnn1C. The van der Waals surface area contributed by atoms with Crippen LogP contribution in [0, 0.1) is 0 Å². The minimum Gasteiger partial charge on any atom is -0.396 e. The van der Waals surface area contributed by atoms with Crippen molar-refractivity contribution in [3.05, 3.63) is 34.3 Å². The number of rotatable bonds is 4. The predicted molar refractivity (Wildman–Crippen MR) is 76.9 cm³/mol. The zero-order valence-corrected chi connectivity index (χ0v) is 12.1. The van der Waals surface area contributed by atoms with Crippen LogP contribution >= 0.6 is 11.3 Å². The van der Waals surface area contributed by atoms with Gasteiger partial charge in [0.15, 0.2) is 0 Å². The van der Waals surface area contributed by atoms with Crippen LogP contribution in [0.2, 0.25) is 0 Å². The zero-order chi connectivity index (χ0) is 14.0. The van der Waals surface area contributed by atoms with Gasteiger partial charge in [-0.2, -0.15) is 5.10 Å². The number of anilines is 1. The third-order valence-electron chi connectivity index (χ3n) is 2.96. The number of thiophene rings is 1. The van der Waals surface area contributed by atoms with E-state index >= 15 is 0 Å². The van der Waals surface area contributed by atoms with E-state index in [2.05, 4.69) is 5.10 Å². The van der Waals surface area contributed by atoms with Gasteiger partial charge in [-0.15, -0.1) is 11.3 Å². The summed E-state index contributed by atoms with van der Waals surface area (Å²) in [7, 11) is 1.73. The van der Waals surface area contributed by atoms with Crippen LogP contribution in [0.1, 0.15) is 29.2 Å². The highest BCUT2D eigenvalue weighted by atomic mass is 32.1. The van der Waals surface area contributed by atoms with Gasteiger partial charge < -0.3 is 10.6 Å². The number of amides is 1. The van der Waals surface area contributed by atoms with Gasteiger partial charge in [0, 0.05) is 18.0 Å². The van der Waals surface area contributed by atoms with Gasteiger partial charge in [0.2, 0.25) is 0 Å². The summed E-state index contributed by atoms with van der Waals surface area (Å²) in [4.78, 5) is 15.6. The lowest BCUT2D eigenvalue weighted by atomic mass is 10.2. The van der Waals surface area contributed by atoms with E-state index in [-0.39, 0.29) is 11.9 Å². The average molecular weight is 278 g/mol. The number of nitrogens with two attached hydrogens (primary N) is 1. The first kappa shape index (κ1) is 13.6. The molecule has 2 rings (SSSR count). The number of nitrogen functional groups attached to an aromatic ring is 1. The molecule has 2 aromatic heterocycles. The monoisotopic (exact) mass is 278 g/mol.